The van der Waals surface area contributed by atoms with E-state index in [0.717, 1.165) is 15.7 Å². The molecule has 0 aliphatic carbocycles. The quantitative estimate of drug-likeness (QED) is 0.750. The Morgan fingerprint density at radius 1 is 1.28 bits per heavy atom. The number of aromatic nitrogens is 2. The fourth-order valence-corrected chi connectivity index (χ4v) is 3.35. The minimum absolute atomic E-state index is 0.118. The first-order valence-corrected chi connectivity index (χ1v) is 8.96. The van der Waals surface area contributed by atoms with E-state index < -0.39 is 0 Å². The van der Waals surface area contributed by atoms with Crippen LogP contribution in [0.25, 0.3) is 0 Å². The maximum atomic E-state index is 12.9. The molecule has 1 amide bonds. The first-order valence-electron chi connectivity index (χ1n) is 8.16. The summed E-state index contributed by atoms with van der Waals surface area (Å²) < 4.78 is 11.3. The second kappa shape index (κ2) is 8.38. The van der Waals surface area contributed by atoms with Crippen LogP contribution in [0.2, 0.25) is 0 Å². The molecule has 0 aliphatic rings. The smallest absolute Gasteiger partial charge is 0.275 e. The Balaban J connectivity index is 2.24. The number of nitrogens with one attached hydrogen (secondary N) is 1. The number of benzene rings is 1. The van der Waals surface area contributed by atoms with Crippen molar-refractivity contribution >= 4 is 21.8 Å². The molecule has 0 atom stereocenters. The Kier molecular flexibility index (Phi) is 6.47. The van der Waals surface area contributed by atoms with Crippen LogP contribution in [0.4, 0.5) is 0 Å². The zero-order valence-electron chi connectivity index (χ0n) is 15.2. The van der Waals surface area contributed by atoms with Crippen LogP contribution in [0.15, 0.2) is 22.7 Å². The number of halogens is 1. The van der Waals surface area contributed by atoms with Crippen LogP contribution in [0.3, 0.4) is 0 Å². The first-order chi connectivity index (χ1) is 11.9. The van der Waals surface area contributed by atoms with Gasteiger partial charge in [-0.1, -0.05) is 19.9 Å². The van der Waals surface area contributed by atoms with Gasteiger partial charge in [0, 0.05) is 13.1 Å². The van der Waals surface area contributed by atoms with E-state index in [1.807, 2.05) is 39.0 Å². The minimum atomic E-state index is -0.118. The van der Waals surface area contributed by atoms with Gasteiger partial charge in [-0.3, -0.25) is 9.89 Å². The molecule has 1 aromatic carbocycles. The molecule has 1 N–H and O–H groups in total. The van der Waals surface area contributed by atoms with Gasteiger partial charge in [0.05, 0.1) is 24.4 Å². The van der Waals surface area contributed by atoms with Crippen molar-refractivity contribution in [3.05, 3.63) is 39.6 Å². The summed E-state index contributed by atoms with van der Waals surface area (Å²) in [6.07, 6.45) is 0. The predicted molar refractivity (Wildman–Crippen MR) is 100 cm³/mol. The summed E-state index contributed by atoms with van der Waals surface area (Å²) in [6, 6.07) is 5.65. The van der Waals surface area contributed by atoms with Crippen molar-refractivity contribution in [2.24, 2.45) is 0 Å². The van der Waals surface area contributed by atoms with E-state index in [1.54, 1.807) is 19.1 Å². The molecule has 0 spiro atoms. The molecular formula is C18H24BrN3O3. The SMILES string of the molecule is CCN(Cc1ccc(OC)c(OC)c1)C(=O)c1n[nH]c(C(C)C)c1Br. The number of carbonyl (C=O) groups excluding carboxylic acids is 1. The molecule has 2 aromatic rings. The number of hydrogen-bond donors (Lipinski definition) is 1. The topological polar surface area (TPSA) is 67.5 Å². The number of methoxy groups -OCH3 is 2. The highest BCUT2D eigenvalue weighted by atomic mass is 79.9. The fraction of sp³-hybridized carbons (Fsp3) is 0.444. The molecule has 0 saturated carbocycles. The van der Waals surface area contributed by atoms with Crippen molar-refractivity contribution in [1.29, 1.82) is 0 Å². The maximum Gasteiger partial charge on any atom is 0.275 e. The molecule has 1 heterocycles. The van der Waals surface area contributed by atoms with Crippen LogP contribution in [-0.4, -0.2) is 41.8 Å². The molecule has 6 nitrogen and oxygen atoms in total. The van der Waals surface area contributed by atoms with Crippen LogP contribution < -0.4 is 9.47 Å². The maximum absolute atomic E-state index is 12.9. The molecule has 0 fully saturated rings. The number of carbonyl (C=O) groups is 1. The number of H-pyrrole nitrogens is 1. The average Bonchev–Trinajstić information content (AvgIpc) is 3.00. The predicted octanol–water partition coefficient (Wildman–Crippen LogP) is 3.98. The Bertz CT molecular complexity index is 743. The van der Waals surface area contributed by atoms with Gasteiger partial charge in [-0.2, -0.15) is 5.10 Å². The van der Waals surface area contributed by atoms with Crippen molar-refractivity contribution in [3.8, 4) is 11.5 Å². The summed E-state index contributed by atoms with van der Waals surface area (Å²) in [5, 5.41) is 7.15. The molecule has 0 saturated heterocycles. The molecule has 0 unspecified atom stereocenters. The molecule has 0 bridgehead atoms. The van der Waals surface area contributed by atoms with Crippen molar-refractivity contribution < 1.29 is 14.3 Å². The summed E-state index contributed by atoms with van der Waals surface area (Å²) >= 11 is 3.50. The zero-order chi connectivity index (χ0) is 18.6. The highest BCUT2D eigenvalue weighted by molar-refractivity contribution is 9.10. The fourth-order valence-electron chi connectivity index (χ4n) is 2.54. The summed E-state index contributed by atoms with van der Waals surface area (Å²) in [5.41, 5.74) is 2.29. The molecule has 25 heavy (non-hydrogen) atoms. The van der Waals surface area contributed by atoms with Gasteiger partial charge in [-0.15, -0.1) is 0 Å². The third kappa shape index (κ3) is 4.15. The van der Waals surface area contributed by atoms with Gasteiger partial charge >= 0.3 is 0 Å². The summed E-state index contributed by atoms with van der Waals surface area (Å²) in [4.78, 5) is 14.6. The second-order valence-corrected chi connectivity index (χ2v) is 6.76. The van der Waals surface area contributed by atoms with E-state index in [-0.39, 0.29) is 11.8 Å². The van der Waals surface area contributed by atoms with Crippen LogP contribution in [0, 0.1) is 0 Å². The lowest BCUT2D eigenvalue weighted by atomic mass is 10.1. The van der Waals surface area contributed by atoms with Crippen molar-refractivity contribution in [3.63, 3.8) is 0 Å². The van der Waals surface area contributed by atoms with Crippen molar-refractivity contribution in [2.45, 2.75) is 33.2 Å². The Morgan fingerprint density at radius 2 is 1.96 bits per heavy atom. The van der Waals surface area contributed by atoms with E-state index in [9.17, 15) is 4.79 Å². The van der Waals surface area contributed by atoms with Crippen LogP contribution in [-0.2, 0) is 6.54 Å². The van der Waals surface area contributed by atoms with Crippen molar-refractivity contribution in [2.75, 3.05) is 20.8 Å². The molecule has 7 heteroatoms. The van der Waals surface area contributed by atoms with Crippen molar-refractivity contribution in [1.82, 2.24) is 15.1 Å². The van der Waals surface area contributed by atoms with Gasteiger partial charge in [0.25, 0.3) is 5.91 Å². The van der Waals surface area contributed by atoms with Gasteiger partial charge in [-0.25, -0.2) is 0 Å². The lowest BCUT2D eigenvalue weighted by Gasteiger charge is -2.21. The van der Waals surface area contributed by atoms with Crippen LogP contribution in [0.5, 0.6) is 11.5 Å². The number of hydrogen-bond acceptors (Lipinski definition) is 4. The monoisotopic (exact) mass is 409 g/mol. The largest absolute Gasteiger partial charge is 0.493 e. The molecular weight excluding hydrogens is 386 g/mol. The van der Waals surface area contributed by atoms with Gasteiger partial charge in [-0.05, 0) is 46.5 Å². The van der Waals surface area contributed by atoms with E-state index in [2.05, 4.69) is 26.1 Å². The average molecular weight is 410 g/mol. The second-order valence-electron chi connectivity index (χ2n) is 5.96. The minimum Gasteiger partial charge on any atom is -0.493 e. The molecule has 0 aliphatic heterocycles. The van der Waals surface area contributed by atoms with Gasteiger partial charge < -0.3 is 14.4 Å². The standard InChI is InChI=1S/C18H24BrN3O3/c1-6-22(10-12-7-8-13(24-4)14(9-12)25-5)18(23)17-15(19)16(11(2)3)20-21-17/h7-9,11H,6,10H2,1-5H3,(H,20,21). The van der Waals surface area contributed by atoms with Crippen LogP contribution >= 0.6 is 15.9 Å². The normalized spacial score (nSPS) is 10.8. The highest BCUT2D eigenvalue weighted by Crippen LogP contribution is 2.29. The Morgan fingerprint density at radius 3 is 2.48 bits per heavy atom. The number of amides is 1. The Hall–Kier alpha value is -2.02. The van der Waals surface area contributed by atoms with Gasteiger partial charge in [0.1, 0.15) is 0 Å². The first kappa shape index (κ1) is 19.3. The number of nitrogens with zero attached hydrogens (tertiary/aromatic N) is 2. The summed E-state index contributed by atoms with van der Waals surface area (Å²) in [5.74, 6) is 1.44. The number of aromatic amines is 1. The number of ether oxygens (including phenoxy) is 2. The molecule has 2 rings (SSSR count). The number of rotatable bonds is 7. The Labute approximate surface area is 156 Å². The highest BCUT2D eigenvalue weighted by Gasteiger charge is 2.23. The molecule has 136 valence electrons. The summed E-state index contributed by atoms with van der Waals surface area (Å²) in [6.45, 7) is 7.08. The van der Waals surface area contributed by atoms with E-state index in [4.69, 9.17) is 9.47 Å². The lowest BCUT2D eigenvalue weighted by molar-refractivity contribution is 0.0745. The van der Waals surface area contributed by atoms with Crippen LogP contribution in [0.1, 0.15) is 48.4 Å². The van der Waals surface area contributed by atoms with E-state index in [1.165, 1.54) is 0 Å². The summed E-state index contributed by atoms with van der Waals surface area (Å²) in [7, 11) is 3.19. The van der Waals surface area contributed by atoms with Gasteiger partial charge in [0.2, 0.25) is 0 Å². The third-order valence-electron chi connectivity index (χ3n) is 4.00. The molecule has 1 aromatic heterocycles. The van der Waals surface area contributed by atoms with E-state index in [0.29, 0.717) is 30.3 Å². The van der Waals surface area contributed by atoms with Gasteiger partial charge in [0.15, 0.2) is 17.2 Å². The lowest BCUT2D eigenvalue weighted by Crippen LogP contribution is -2.30. The zero-order valence-corrected chi connectivity index (χ0v) is 16.8. The third-order valence-corrected chi connectivity index (χ3v) is 4.81. The molecule has 0 radical (unpaired) electrons. The van der Waals surface area contributed by atoms with E-state index >= 15 is 0 Å².